The van der Waals surface area contributed by atoms with Crippen molar-refractivity contribution in [3.05, 3.63) is 64.2 Å². The van der Waals surface area contributed by atoms with Crippen LogP contribution in [0.25, 0.3) is 0 Å². The molecular weight excluding hydrogens is 340 g/mol. The lowest BCUT2D eigenvalue weighted by Crippen LogP contribution is -2.34. The van der Waals surface area contributed by atoms with Gasteiger partial charge in [-0.3, -0.25) is 10.1 Å². The van der Waals surface area contributed by atoms with Crippen molar-refractivity contribution in [3.8, 4) is 0 Å². The van der Waals surface area contributed by atoms with Crippen LogP contribution in [-0.4, -0.2) is 27.7 Å². The standard InChI is InChI=1S/C18H18N2O6/c1-18(2,3)26-17(23)19(12-7-5-4-6-8-12)15-10-9-13(20(24)25)11-14(15)16(21)22/h4-11H,1-3H3,(H,21,22). The van der Waals surface area contributed by atoms with Crippen molar-refractivity contribution in [1.29, 1.82) is 0 Å². The van der Waals surface area contributed by atoms with E-state index in [9.17, 15) is 24.8 Å². The number of carboxylic acid groups (broad SMARTS) is 1. The molecule has 0 fully saturated rings. The quantitative estimate of drug-likeness (QED) is 0.642. The molecule has 8 heteroatoms. The molecule has 2 rings (SSSR count). The van der Waals surface area contributed by atoms with Gasteiger partial charge >= 0.3 is 12.1 Å². The van der Waals surface area contributed by atoms with Crippen LogP contribution in [0.5, 0.6) is 0 Å². The van der Waals surface area contributed by atoms with E-state index in [1.54, 1.807) is 51.1 Å². The summed E-state index contributed by atoms with van der Waals surface area (Å²) < 4.78 is 5.38. The molecule has 136 valence electrons. The molecule has 0 spiro atoms. The number of anilines is 2. The highest BCUT2D eigenvalue weighted by atomic mass is 16.6. The van der Waals surface area contributed by atoms with Gasteiger partial charge in [0.25, 0.3) is 5.69 Å². The second-order valence-corrected chi connectivity index (χ2v) is 6.42. The topological polar surface area (TPSA) is 110 Å². The Morgan fingerprint density at radius 1 is 1.12 bits per heavy atom. The van der Waals surface area contributed by atoms with Crippen molar-refractivity contribution in [2.24, 2.45) is 0 Å². The second kappa shape index (κ2) is 7.22. The first-order valence-corrected chi connectivity index (χ1v) is 7.70. The number of non-ortho nitro benzene ring substituents is 1. The van der Waals surface area contributed by atoms with Crippen LogP contribution in [0.15, 0.2) is 48.5 Å². The number of nitrogens with zero attached hydrogens (tertiary/aromatic N) is 2. The summed E-state index contributed by atoms with van der Waals surface area (Å²) >= 11 is 0. The monoisotopic (exact) mass is 358 g/mol. The fourth-order valence-corrected chi connectivity index (χ4v) is 2.23. The summed E-state index contributed by atoms with van der Waals surface area (Å²) in [5.74, 6) is -1.40. The number of carboxylic acids is 1. The number of hydrogen-bond donors (Lipinski definition) is 1. The molecule has 26 heavy (non-hydrogen) atoms. The zero-order chi connectivity index (χ0) is 19.5. The molecule has 0 atom stereocenters. The van der Waals surface area contributed by atoms with Crippen molar-refractivity contribution in [3.63, 3.8) is 0 Å². The first-order valence-electron chi connectivity index (χ1n) is 7.70. The van der Waals surface area contributed by atoms with Gasteiger partial charge in [-0.1, -0.05) is 18.2 Å². The normalized spacial score (nSPS) is 10.9. The van der Waals surface area contributed by atoms with Gasteiger partial charge in [0.15, 0.2) is 0 Å². The van der Waals surface area contributed by atoms with Gasteiger partial charge < -0.3 is 9.84 Å². The summed E-state index contributed by atoms with van der Waals surface area (Å²) in [7, 11) is 0. The predicted molar refractivity (Wildman–Crippen MR) is 94.9 cm³/mol. The van der Waals surface area contributed by atoms with E-state index in [0.717, 1.165) is 17.0 Å². The Labute approximate surface area is 149 Å². The van der Waals surface area contributed by atoms with Crippen LogP contribution < -0.4 is 4.90 Å². The summed E-state index contributed by atoms with van der Waals surface area (Å²) in [4.78, 5) is 35.7. The molecule has 8 nitrogen and oxygen atoms in total. The van der Waals surface area contributed by atoms with E-state index >= 15 is 0 Å². The molecule has 2 aromatic rings. The highest BCUT2D eigenvalue weighted by Crippen LogP contribution is 2.32. The average molecular weight is 358 g/mol. The van der Waals surface area contributed by atoms with Gasteiger partial charge in [0, 0.05) is 12.1 Å². The van der Waals surface area contributed by atoms with E-state index in [-0.39, 0.29) is 16.9 Å². The molecule has 0 radical (unpaired) electrons. The van der Waals surface area contributed by atoms with Crippen molar-refractivity contribution in [2.45, 2.75) is 26.4 Å². The van der Waals surface area contributed by atoms with E-state index in [4.69, 9.17) is 4.74 Å². The largest absolute Gasteiger partial charge is 0.478 e. The van der Waals surface area contributed by atoms with Crippen molar-refractivity contribution in [2.75, 3.05) is 4.90 Å². The number of carbonyl (C=O) groups excluding carboxylic acids is 1. The molecule has 0 aliphatic carbocycles. The third-order valence-corrected chi connectivity index (χ3v) is 3.25. The minimum absolute atomic E-state index is 0.0245. The summed E-state index contributed by atoms with van der Waals surface area (Å²) in [6.45, 7) is 5.05. The maximum Gasteiger partial charge on any atom is 0.419 e. The van der Waals surface area contributed by atoms with Gasteiger partial charge in [0.1, 0.15) is 5.60 Å². The Balaban J connectivity index is 2.64. The van der Waals surface area contributed by atoms with Gasteiger partial charge in [-0.15, -0.1) is 0 Å². The minimum Gasteiger partial charge on any atom is -0.478 e. The SMILES string of the molecule is CC(C)(C)OC(=O)N(c1ccccc1)c1ccc([N+](=O)[O-])cc1C(=O)O. The Morgan fingerprint density at radius 2 is 1.73 bits per heavy atom. The molecule has 0 saturated heterocycles. The van der Waals surface area contributed by atoms with E-state index in [2.05, 4.69) is 0 Å². The molecule has 1 amide bonds. The van der Waals surface area contributed by atoms with Crippen LogP contribution in [0.4, 0.5) is 21.9 Å². The highest BCUT2D eigenvalue weighted by Gasteiger charge is 2.29. The Bertz CT molecular complexity index is 843. The maximum absolute atomic E-state index is 12.7. The third kappa shape index (κ3) is 4.35. The smallest absolute Gasteiger partial charge is 0.419 e. The molecule has 0 aliphatic heterocycles. The Hall–Kier alpha value is -3.42. The van der Waals surface area contributed by atoms with Crippen LogP contribution in [-0.2, 0) is 4.74 Å². The first kappa shape index (κ1) is 18.9. The fourth-order valence-electron chi connectivity index (χ4n) is 2.23. The van der Waals surface area contributed by atoms with E-state index < -0.39 is 22.6 Å². The molecule has 2 aromatic carbocycles. The van der Waals surface area contributed by atoms with E-state index in [0.29, 0.717) is 5.69 Å². The number of benzene rings is 2. The third-order valence-electron chi connectivity index (χ3n) is 3.25. The first-order chi connectivity index (χ1) is 12.1. The van der Waals surface area contributed by atoms with Crippen molar-refractivity contribution in [1.82, 2.24) is 0 Å². The lowest BCUT2D eigenvalue weighted by molar-refractivity contribution is -0.384. The molecular formula is C18H18N2O6. The zero-order valence-electron chi connectivity index (χ0n) is 14.5. The number of nitro groups is 1. The van der Waals surface area contributed by atoms with Crippen LogP contribution >= 0.6 is 0 Å². The van der Waals surface area contributed by atoms with Gasteiger partial charge in [0.05, 0.1) is 21.9 Å². The van der Waals surface area contributed by atoms with Gasteiger partial charge in [0.2, 0.25) is 0 Å². The van der Waals surface area contributed by atoms with E-state index in [1.807, 2.05) is 0 Å². The number of hydrogen-bond acceptors (Lipinski definition) is 5. The van der Waals surface area contributed by atoms with Crippen LogP contribution in [0.1, 0.15) is 31.1 Å². The molecule has 0 aliphatic rings. The molecule has 0 heterocycles. The number of ether oxygens (including phenoxy) is 1. The number of aromatic carboxylic acids is 1. The summed E-state index contributed by atoms with van der Waals surface area (Å²) in [6.07, 6.45) is -0.792. The lowest BCUT2D eigenvalue weighted by Gasteiger charge is -2.28. The number of amides is 1. The van der Waals surface area contributed by atoms with Crippen LogP contribution in [0.3, 0.4) is 0 Å². The van der Waals surface area contributed by atoms with Crippen LogP contribution in [0.2, 0.25) is 0 Å². The number of carbonyl (C=O) groups is 2. The maximum atomic E-state index is 12.7. The van der Waals surface area contributed by atoms with Gasteiger partial charge in [-0.2, -0.15) is 0 Å². The fraction of sp³-hybridized carbons (Fsp3) is 0.222. The minimum atomic E-state index is -1.40. The predicted octanol–water partition coefficient (Wildman–Crippen LogP) is 4.37. The summed E-state index contributed by atoms with van der Waals surface area (Å²) in [5, 5.41) is 20.4. The van der Waals surface area contributed by atoms with Crippen molar-refractivity contribution >= 4 is 29.1 Å². The molecule has 1 N–H and O–H groups in total. The number of nitro benzene ring substituents is 1. The van der Waals surface area contributed by atoms with Gasteiger partial charge in [-0.25, -0.2) is 14.5 Å². The van der Waals surface area contributed by atoms with E-state index in [1.165, 1.54) is 6.07 Å². The van der Waals surface area contributed by atoms with Crippen LogP contribution in [0, 0.1) is 10.1 Å². The summed E-state index contributed by atoms with van der Waals surface area (Å²) in [5.41, 5.74) is -1.23. The zero-order valence-corrected chi connectivity index (χ0v) is 14.5. The molecule has 0 bridgehead atoms. The van der Waals surface area contributed by atoms with Crippen molar-refractivity contribution < 1.29 is 24.4 Å². The molecule has 0 aromatic heterocycles. The van der Waals surface area contributed by atoms with Gasteiger partial charge in [-0.05, 0) is 39.0 Å². The molecule has 0 unspecified atom stereocenters. The highest BCUT2D eigenvalue weighted by molar-refractivity contribution is 6.04. The Morgan fingerprint density at radius 3 is 2.23 bits per heavy atom. The number of para-hydroxylation sites is 1. The molecule has 0 saturated carbocycles. The lowest BCUT2D eigenvalue weighted by atomic mass is 10.1. The number of rotatable bonds is 4. The average Bonchev–Trinajstić information content (AvgIpc) is 2.54. The Kier molecular flexibility index (Phi) is 5.25. The summed E-state index contributed by atoms with van der Waals surface area (Å²) in [6, 6.07) is 11.6. The second-order valence-electron chi connectivity index (χ2n) is 6.42.